The summed E-state index contributed by atoms with van der Waals surface area (Å²) in [4.78, 5) is 14.1. The molecule has 1 unspecified atom stereocenters. The van der Waals surface area contributed by atoms with Gasteiger partial charge < -0.3 is 5.32 Å². The highest BCUT2D eigenvalue weighted by Gasteiger charge is 2.15. The molecule has 0 aliphatic heterocycles. The molecule has 2 aromatic carbocycles. The van der Waals surface area contributed by atoms with Crippen LogP contribution in [0.2, 0.25) is 0 Å². The van der Waals surface area contributed by atoms with Gasteiger partial charge >= 0.3 is 0 Å². The molecule has 0 aliphatic rings. The van der Waals surface area contributed by atoms with Gasteiger partial charge in [0.2, 0.25) is 5.91 Å². The molecule has 5 heteroatoms. The van der Waals surface area contributed by atoms with Crippen LogP contribution in [0.1, 0.15) is 6.92 Å². The van der Waals surface area contributed by atoms with Crippen molar-refractivity contribution in [1.29, 1.82) is 0 Å². The summed E-state index contributed by atoms with van der Waals surface area (Å²) in [5.41, 5.74) is 0.821. The average molecular weight is 321 g/mol. The molecule has 0 fully saturated rings. The van der Waals surface area contributed by atoms with E-state index in [0.717, 1.165) is 15.5 Å². The topological polar surface area (TPSA) is 29.1 Å². The van der Waals surface area contributed by atoms with Crippen LogP contribution in [0.25, 0.3) is 0 Å². The lowest BCUT2D eigenvalue weighted by Gasteiger charge is -2.14. The number of hydrogen-bond acceptors (Lipinski definition) is 3. The second-order valence-electron chi connectivity index (χ2n) is 4.40. The number of thioether (sulfide) groups is 2. The molecule has 21 heavy (non-hydrogen) atoms. The van der Waals surface area contributed by atoms with Gasteiger partial charge in [0, 0.05) is 9.79 Å². The third kappa shape index (κ3) is 4.51. The van der Waals surface area contributed by atoms with Gasteiger partial charge in [0.1, 0.15) is 5.82 Å². The summed E-state index contributed by atoms with van der Waals surface area (Å²) >= 11 is 3.00. The van der Waals surface area contributed by atoms with E-state index in [4.69, 9.17) is 0 Å². The largest absolute Gasteiger partial charge is 0.324 e. The fraction of sp³-hybridized carbons (Fsp3) is 0.188. The quantitative estimate of drug-likeness (QED) is 0.812. The summed E-state index contributed by atoms with van der Waals surface area (Å²) in [5.74, 6) is -0.337. The number of rotatable bonds is 5. The predicted molar refractivity (Wildman–Crippen MR) is 88.6 cm³/mol. The second kappa shape index (κ2) is 7.52. The number of benzene rings is 2. The van der Waals surface area contributed by atoms with Crippen LogP contribution in [0.15, 0.2) is 58.3 Å². The van der Waals surface area contributed by atoms with Crippen LogP contribution in [0.5, 0.6) is 0 Å². The normalized spacial score (nSPS) is 12.0. The number of hydrogen-bond donors (Lipinski definition) is 1. The van der Waals surface area contributed by atoms with Crippen LogP contribution in [0, 0.1) is 5.82 Å². The predicted octanol–water partition coefficient (Wildman–Crippen LogP) is 4.67. The smallest absolute Gasteiger partial charge is 0.237 e. The summed E-state index contributed by atoms with van der Waals surface area (Å²) in [7, 11) is 0. The lowest BCUT2D eigenvalue weighted by Crippen LogP contribution is -2.22. The molecule has 0 aromatic heterocycles. The van der Waals surface area contributed by atoms with Gasteiger partial charge in [-0.1, -0.05) is 12.1 Å². The molecule has 0 bridgehead atoms. The molecule has 2 nitrogen and oxygen atoms in total. The molecule has 0 aliphatic carbocycles. The number of para-hydroxylation sites is 1. The monoisotopic (exact) mass is 321 g/mol. The lowest BCUT2D eigenvalue weighted by molar-refractivity contribution is -0.115. The van der Waals surface area contributed by atoms with Crippen molar-refractivity contribution in [3.05, 3.63) is 54.3 Å². The maximum atomic E-state index is 12.9. The van der Waals surface area contributed by atoms with Crippen LogP contribution >= 0.6 is 23.5 Å². The fourth-order valence-electron chi connectivity index (χ4n) is 1.75. The lowest BCUT2D eigenvalue weighted by atomic mass is 10.3. The van der Waals surface area contributed by atoms with E-state index < -0.39 is 0 Å². The summed E-state index contributed by atoms with van der Waals surface area (Å²) in [6.45, 7) is 1.84. The van der Waals surface area contributed by atoms with E-state index >= 15 is 0 Å². The Labute approximate surface area is 132 Å². The van der Waals surface area contributed by atoms with Crippen molar-refractivity contribution >= 4 is 35.1 Å². The molecular weight excluding hydrogens is 305 g/mol. The third-order valence-corrected chi connectivity index (χ3v) is 4.77. The highest BCUT2D eigenvalue weighted by molar-refractivity contribution is 8.00. The summed E-state index contributed by atoms with van der Waals surface area (Å²) in [5, 5.41) is 2.68. The first-order chi connectivity index (χ1) is 10.1. The zero-order valence-electron chi connectivity index (χ0n) is 11.8. The van der Waals surface area contributed by atoms with Gasteiger partial charge in [-0.15, -0.1) is 23.5 Å². The van der Waals surface area contributed by atoms with Gasteiger partial charge in [-0.25, -0.2) is 4.39 Å². The van der Waals surface area contributed by atoms with E-state index in [1.807, 2.05) is 37.4 Å². The Morgan fingerprint density at radius 3 is 2.48 bits per heavy atom. The van der Waals surface area contributed by atoms with Crippen molar-refractivity contribution in [2.24, 2.45) is 0 Å². The van der Waals surface area contributed by atoms with Crippen LogP contribution in [-0.2, 0) is 4.79 Å². The third-order valence-electron chi connectivity index (χ3n) is 2.86. The first kappa shape index (κ1) is 15.9. The summed E-state index contributed by atoms with van der Waals surface area (Å²) < 4.78 is 12.9. The molecule has 110 valence electrons. The number of carbonyl (C=O) groups is 1. The maximum absolute atomic E-state index is 12.9. The Morgan fingerprint density at radius 2 is 1.81 bits per heavy atom. The number of nitrogens with one attached hydrogen (secondary N) is 1. The Bertz CT molecular complexity index is 616. The molecule has 0 spiro atoms. The van der Waals surface area contributed by atoms with Crippen molar-refractivity contribution in [1.82, 2.24) is 0 Å². The van der Waals surface area contributed by atoms with Crippen molar-refractivity contribution < 1.29 is 9.18 Å². The van der Waals surface area contributed by atoms with Gasteiger partial charge in [-0.3, -0.25) is 4.79 Å². The summed E-state index contributed by atoms with van der Waals surface area (Å²) in [6, 6.07) is 13.9. The molecule has 0 saturated carbocycles. The zero-order valence-corrected chi connectivity index (χ0v) is 13.4. The minimum atomic E-state index is -0.273. The van der Waals surface area contributed by atoms with E-state index in [-0.39, 0.29) is 17.0 Å². The van der Waals surface area contributed by atoms with Gasteiger partial charge in [0.25, 0.3) is 0 Å². The first-order valence-corrected chi connectivity index (χ1v) is 8.56. The van der Waals surface area contributed by atoms with Gasteiger partial charge in [-0.2, -0.15) is 0 Å². The molecule has 2 aromatic rings. The van der Waals surface area contributed by atoms with Crippen molar-refractivity contribution in [3.63, 3.8) is 0 Å². The molecule has 1 amide bonds. The maximum Gasteiger partial charge on any atom is 0.237 e. The van der Waals surface area contributed by atoms with Crippen molar-refractivity contribution in [3.8, 4) is 0 Å². The van der Waals surface area contributed by atoms with E-state index in [0.29, 0.717) is 0 Å². The standard InChI is InChI=1S/C16H16FNOS2/c1-11(21-13-9-7-12(17)8-10-13)16(19)18-14-5-3-4-6-15(14)20-2/h3-11H,1-2H3,(H,18,19). The Kier molecular flexibility index (Phi) is 5.70. The van der Waals surface area contributed by atoms with Crippen LogP contribution in [0.4, 0.5) is 10.1 Å². The highest BCUT2D eigenvalue weighted by Crippen LogP contribution is 2.27. The summed E-state index contributed by atoms with van der Waals surface area (Å²) in [6.07, 6.45) is 1.97. The highest BCUT2D eigenvalue weighted by atomic mass is 32.2. The molecule has 0 saturated heterocycles. The molecule has 2 rings (SSSR count). The van der Waals surface area contributed by atoms with Gasteiger partial charge in [-0.05, 0) is 49.6 Å². The minimum absolute atomic E-state index is 0.0641. The molecular formula is C16H16FNOS2. The Morgan fingerprint density at radius 1 is 1.14 bits per heavy atom. The van der Waals surface area contributed by atoms with Crippen LogP contribution in [0.3, 0.4) is 0 Å². The van der Waals surface area contributed by atoms with E-state index in [1.54, 1.807) is 23.9 Å². The SMILES string of the molecule is CSc1ccccc1NC(=O)C(C)Sc1ccc(F)cc1. The van der Waals surface area contributed by atoms with Gasteiger partial charge in [0.05, 0.1) is 10.9 Å². The second-order valence-corrected chi connectivity index (χ2v) is 6.67. The van der Waals surface area contributed by atoms with E-state index in [1.165, 1.54) is 23.9 Å². The molecule has 1 N–H and O–H groups in total. The zero-order chi connectivity index (χ0) is 15.2. The number of carbonyl (C=O) groups excluding carboxylic acids is 1. The van der Waals surface area contributed by atoms with Crippen molar-refractivity contribution in [2.45, 2.75) is 22.0 Å². The number of halogens is 1. The van der Waals surface area contributed by atoms with Crippen molar-refractivity contribution in [2.75, 3.05) is 11.6 Å². The average Bonchev–Trinajstić information content (AvgIpc) is 2.50. The van der Waals surface area contributed by atoms with Crippen LogP contribution < -0.4 is 5.32 Å². The van der Waals surface area contributed by atoms with E-state index in [2.05, 4.69) is 5.32 Å². The first-order valence-electron chi connectivity index (χ1n) is 6.46. The molecule has 0 radical (unpaired) electrons. The van der Waals surface area contributed by atoms with Gasteiger partial charge in [0.15, 0.2) is 0 Å². The molecule has 1 atom stereocenters. The Hall–Kier alpha value is -1.46. The Balaban J connectivity index is 2.01. The molecule has 0 heterocycles. The minimum Gasteiger partial charge on any atom is -0.324 e. The number of amides is 1. The fourth-order valence-corrected chi connectivity index (χ4v) is 3.17. The van der Waals surface area contributed by atoms with Crippen LogP contribution in [-0.4, -0.2) is 17.4 Å². The van der Waals surface area contributed by atoms with E-state index in [9.17, 15) is 9.18 Å². The number of anilines is 1.